The Morgan fingerprint density at radius 2 is 0.830 bits per heavy atom. The fraction of sp³-hybridized carbons (Fsp3) is 0.0222. The number of hydrogen-bond acceptors (Lipinski definition) is 2. The monoisotopic (exact) mass is 600 g/mol. The maximum atomic E-state index is 2.42. The van der Waals surface area contributed by atoms with Crippen LogP contribution in [0.1, 0.15) is 11.1 Å². The summed E-state index contributed by atoms with van der Waals surface area (Å²) in [5.41, 5.74) is 12.3. The fourth-order valence-electron chi connectivity index (χ4n) is 7.29. The third-order valence-corrected chi connectivity index (χ3v) is 9.41. The van der Waals surface area contributed by atoms with Crippen LogP contribution >= 0.6 is 0 Å². The summed E-state index contributed by atoms with van der Waals surface area (Å²) < 4.78 is 0. The molecule has 8 aromatic carbocycles. The van der Waals surface area contributed by atoms with E-state index in [9.17, 15) is 0 Å². The first-order valence-corrected chi connectivity index (χ1v) is 16.2. The maximum Gasteiger partial charge on any atom is 0.0540 e. The van der Waals surface area contributed by atoms with Gasteiger partial charge in [-0.2, -0.15) is 0 Å². The summed E-state index contributed by atoms with van der Waals surface area (Å²) in [5, 5.41) is 5.05. The Kier molecular flexibility index (Phi) is 6.57. The second kappa shape index (κ2) is 11.3. The first-order chi connectivity index (χ1) is 23.3. The lowest BCUT2D eigenvalue weighted by atomic mass is 9.99. The molecule has 0 bridgehead atoms. The smallest absolute Gasteiger partial charge is 0.0540 e. The molecule has 0 unspecified atom stereocenters. The molecule has 2 heteroatoms. The first kappa shape index (κ1) is 27.2. The number of rotatable bonds is 6. The van der Waals surface area contributed by atoms with Gasteiger partial charge in [0, 0.05) is 33.8 Å². The van der Waals surface area contributed by atoms with E-state index in [1.165, 1.54) is 60.9 Å². The standard InChI is InChI=1S/C45H32N2/c1-4-14-35(15-5-1)46(36-16-6-2-7-17-36)38-24-27-41-33(30-38)29-34-31-39(25-28-42(34)41)47(37-18-8-3-9-19-37)45-22-12-21-43-40-20-11-10-13-32(40)23-26-44(43)45/h1-28,30-31H,29H2. The summed E-state index contributed by atoms with van der Waals surface area (Å²) >= 11 is 0. The van der Waals surface area contributed by atoms with Gasteiger partial charge in [-0.15, -0.1) is 0 Å². The Morgan fingerprint density at radius 1 is 0.319 bits per heavy atom. The molecule has 1 aliphatic carbocycles. The minimum absolute atomic E-state index is 0.895. The van der Waals surface area contributed by atoms with Crippen LogP contribution in [0.4, 0.5) is 34.1 Å². The van der Waals surface area contributed by atoms with Crippen LogP contribution in [0.15, 0.2) is 182 Å². The van der Waals surface area contributed by atoms with Crippen molar-refractivity contribution in [3.63, 3.8) is 0 Å². The lowest BCUT2D eigenvalue weighted by molar-refractivity contribution is 1.22. The summed E-state index contributed by atoms with van der Waals surface area (Å²) in [7, 11) is 0. The zero-order valence-electron chi connectivity index (χ0n) is 25.9. The Hall–Kier alpha value is -6.12. The number of nitrogens with zero attached hydrogens (tertiary/aromatic N) is 2. The number of hydrogen-bond donors (Lipinski definition) is 0. The van der Waals surface area contributed by atoms with Crippen molar-refractivity contribution in [2.24, 2.45) is 0 Å². The molecule has 0 aromatic heterocycles. The highest BCUT2D eigenvalue weighted by atomic mass is 15.1. The van der Waals surface area contributed by atoms with E-state index in [1.807, 2.05) is 0 Å². The van der Waals surface area contributed by atoms with Gasteiger partial charge in [0.1, 0.15) is 0 Å². The predicted octanol–water partition coefficient (Wildman–Crippen LogP) is 12.5. The van der Waals surface area contributed by atoms with Crippen molar-refractivity contribution in [3.05, 3.63) is 193 Å². The van der Waals surface area contributed by atoms with E-state index in [1.54, 1.807) is 0 Å². The molecule has 9 rings (SSSR count). The van der Waals surface area contributed by atoms with Crippen molar-refractivity contribution in [3.8, 4) is 11.1 Å². The summed E-state index contributed by atoms with van der Waals surface area (Å²) in [6, 6.07) is 65.8. The fourth-order valence-corrected chi connectivity index (χ4v) is 7.29. The third kappa shape index (κ3) is 4.74. The van der Waals surface area contributed by atoms with Gasteiger partial charge in [-0.05, 0) is 112 Å². The van der Waals surface area contributed by atoms with Gasteiger partial charge >= 0.3 is 0 Å². The van der Waals surface area contributed by atoms with E-state index in [0.717, 1.165) is 23.5 Å². The van der Waals surface area contributed by atoms with Crippen LogP contribution in [0.2, 0.25) is 0 Å². The van der Waals surface area contributed by atoms with E-state index in [4.69, 9.17) is 0 Å². The van der Waals surface area contributed by atoms with Gasteiger partial charge in [-0.3, -0.25) is 0 Å². The molecule has 0 atom stereocenters. The van der Waals surface area contributed by atoms with E-state index in [2.05, 4.69) is 192 Å². The van der Waals surface area contributed by atoms with E-state index in [0.29, 0.717) is 0 Å². The normalized spacial score (nSPS) is 11.7. The molecule has 2 nitrogen and oxygen atoms in total. The number of anilines is 6. The largest absolute Gasteiger partial charge is 0.310 e. The average molecular weight is 601 g/mol. The van der Waals surface area contributed by atoms with E-state index >= 15 is 0 Å². The molecule has 0 spiro atoms. The molecule has 0 heterocycles. The molecule has 8 aromatic rings. The molecule has 0 amide bonds. The minimum Gasteiger partial charge on any atom is -0.310 e. The molecule has 0 N–H and O–H groups in total. The van der Waals surface area contributed by atoms with Gasteiger partial charge < -0.3 is 9.80 Å². The lowest BCUT2D eigenvalue weighted by Gasteiger charge is -2.27. The Balaban J connectivity index is 1.14. The molecule has 0 aliphatic heterocycles. The molecule has 222 valence electrons. The highest BCUT2D eigenvalue weighted by molar-refractivity contribution is 6.12. The van der Waals surface area contributed by atoms with Gasteiger partial charge in [-0.1, -0.05) is 115 Å². The van der Waals surface area contributed by atoms with Crippen LogP contribution in [-0.2, 0) is 6.42 Å². The Morgan fingerprint density at radius 3 is 1.45 bits per heavy atom. The number of para-hydroxylation sites is 3. The number of benzene rings is 8. The SMILES string of the molecule is c1ccc(N(c2ccccc2)c2ccc3c(c2)Cc2cc(N(c4ccccc4)c4cccc5c4ccc4ccccc45)ccc2-3)cc1. The van der Waals surface area contributed by atoms with Gasteiger partial charge in [0.05, 0.1) is 5.69 Å². The highest BCUT2D eigenvalue weighted by Gasteiger charge is 2.24. The average Bonchev–Trinajstić information content (AvgIpc) is 3.50. The van der Waals surface area contributed by atoms with E-state index in [-0.39, 0.29) is 0 Å². The zero-order chi connectivity index (χ0) is 31.2. The predicted molar refractivity (Wildman–Crippen MR) is 199 cm³/mol. The quantitative estimate of drug-likeness (QED) is 0.175. The molecule has 47 heavy (non-hydrogen) atoms. The second-order valence-electron chi connectivity index (χ2n) is 12.2. The highest BCUT2D eigenvalue weighted by Crippen LogP contribution is 2.46. The summed E-state index contributed by atoms with van der Waals surface area (Å²) in [6.45, 7) is 0. The molecule has 1 aliphatic rings. The minimum atomic E-state index is 0.895. The van der Waals surface area contributed by atoms with Crippen molar-refractivity contribution in [2.45, 2.75) is 6.42 Å². The van der Waals surface area contributed by atoms with Crippen LogP contribution in [-0.4, -0.2) is 0 Å². The lowest BCUT2D eigenvalue weighted by Crippen LogP contribution is -2.10. The van der Waals surface area contributed by atoms with Gasteiger partial charge in [0.15, 0.2) is 0 Å². The molecule has 0 saturated heterocycles. The van der Waals surface area contributed by atoms with Gasteiger partial charge in [-0.25, -0.2) is 0 Å². The van der Waals surface area contributed by atoms with Crippen molar-refractivity contribution >= 4 is 55.7 Å². The number of fused-ring (bicyclic) bond motifs is 6. The van der Waals surface area contributed by atoms with Crippen molar-refractivity contribution in [1.29, 1.82) is 0 Å². The van der Waals surface area contributed by atoms with Crippen molar-refractivity contribution in [2.75, 3.05) is 9.80 Å². The van der Waals surface area contributed by atoms with E-state index < -0.39 is 0 Å². The van der Waals surface area contributed by atoms with Crippen LogP contribution in [0.25, 0.3) is 32.7 Å². The molecule has 0 saturated carbocycles. The van der Waals surface area contributed by atoms with Gasteiger partial charge in [0.25, 0.3) is 0 Å². The first-order valence-electron chi connectivity index (χ1n) is 16.2. The van der Waals surface area contributed by atoms with Crippen LogP contribution in [0, 0.1) is 0 Å². The molecular weight excluding hydrogens is 569 g/mol. The zero-order valence-corrected chi connectivity index (χ0v) is 25.9. The molecule has 0 fully saturated rings. The summed E-state index contributed by atoms with van der Waals surface area (Å²) in [4.78, 5) is 4.76. The van der Waals surface area contributed by atoms with Crippen LogP contribution in [0.5, 0.6) is 0 Å². The van der Waals surface area contributed by atoms with Crippen molar-refractivity contribution < 1.29 is 0 Å². The molecule has 0 radical (unpaired) electrons. The topological polar surface area (TPSA) is 6.48 Å². The van der Waals surface area contributed by atoms with Crippen LogP contribution < -0.4 is 9.80 Å². The Labute approximate surface area is 275 Å². The summed E-state index contributed by atoms with van der Waals surface area (Å²) in [5.74, 6) is 0. The summed E-state index contributed by atoms with van der Waals surface area (Å²) in [6.07, 6.45) is 0.895. The maximum absolute atomic E-state index is 2.42. The third-order valence-electron chi connectivity index (χ3n) is 9.41. The van der Waals surface area contributed by atoms with Crippen molar-refractivity contribution in [1.82, 2.24) is 0 Å². The molecular formula is C45H32N2. The van der Waals surface area contributed by atoms with Gasteiger partial charge in [0.2, 0.25) is 0 Å². The second-order valence-corrected chi connectivity index (χ2v) is 12.2. The van der Waals surface area contributed by atoms with Crippen LogP contribution in [0.3, 0.4) is 0 Å². The Bertz CT molecular complexity index is 2340.